The van der Waals surface area contributed by atoms with Crippen LogP contribution in [-0.4, -0.2) is 60.7 Å². The second-order valence-electron chi connectivity index (χ2n) is 11.3. The largest absolute Gasteiger partial charge is 0.481 e. The number of aliphatic carboxylic acids is 1. The SMILES string of the molecule is CN(C[C@@H](O)CNC(C)(C)CCCc1ccccc1)S(=O)(=O)c1cc(C(F)(F)F)ccc1-c1cccc(CCC(=O)O)c1. The van der Waals surface area contributed by atoms with Crippen molar-refractivity contribution in [2.24, 2.45) is 0 Å². The molecule has 3 rings (SSSR count). The van der Waals surface area contributed by atoms with Gasteiger partial charge in [-0.25, -0.2) is 8.42 Å². The number of hydrogen-bond donors (Lipinski definition) is 3. The number of β-amino-alcohol motifs (C(OH)–C–C–N with tert-alkyl or cyclic N) is 1. The van der Waals surface area contributed by atoms with E-state index in [1.807, 2.05) is 32.0 Å². The lowest BCUT2D eigenvalue weighted by Crippen LogP contribution is -2.46. The number of benzene rings is 3. The molecular formula is C32H39F3N2O5S. The molecule has 0 radical (unpaired) electrons. The lowest BCUT2D eigenvalue weighted by Gasteiger charge is -2.29. The van der Waals surface area contributed by atoms with Crippen molar-refractivity contribution in [3.05, 3.63) is 89.5 Å². The van der Waals surface area contributed by atoms with Crippen LogP contribution >= 0.6 is 0 Å². The molecule has 0 aliphatic heterocycles. The quantitative estimate of drug-likeness (QED) is 0.200. The Morgan fingerprint density at radius 3 is 2.28 bits per heavy atom. The van der Waals surface area contributed by atoms with Crippen molar-refractivity contribution in [2.75, 3.05) is 20.1 Å². The van der Waals surface area contributed by atoms with E-state index in [1.165, 1.54) is 12.6 Å². The van der Waals surface area contributed by atoms with Crippen LogP contribution < -0.4 is 5.32 Å². The molecule has 0 saturated heterocycles. The van der Waals surface area contributed by atoms with Crippen LogP contribution in [0, 0.1) is 0 Å². The van der Waals surface area contributed by atoms with Gasteiger partial charge in [0.1, 0.15) is 0 Å². The zero-order valence-corrected chi connectivity index (χ0v) is 25.4. The lowest BCUT2D eigenvalue weighted by atomic mass is 9.95. The molecule has 7 nitrogen and oxygen atoms in total. The van der Waals surface area contributed by atoms with Gasteiger partial charge in [-0.2, -0.15) is 17.5 Å². The number of carboxylic acid groups (broad SMARTS) is 1. The van der Waals surface area contributed by atoms with Gasteiger partial charge in [-0.05, 0) is 68.4 Å². The number of nitrogens with zero attached hydrogens (tertiary/aromatic N) is 1. The summed E-state index contributed by atoms with van der Waals surface area (Å²) < 4.78 is 69.1. The first kappa shape index (κ1) is 34.2. The van der Waals surface area contributed by atoms with Crippen molar-refractivity contribution < 1.29 is 36.6 Å². The molecule has 0 fully saturated rings. The maximum Gasteiger partial charge on any atom is 0.416 e. The zero-order valence-electron chi connectivity index (χ0n) is 24.6. The number of nitrogens with one attached hydrogen (secondary N) is 1. The number of hydrogen-bond acceptors (Lipinski definition) is 5. The van der Waals surface area contributed by atoms with E-state index in [9.17, 15) is 31.5 Å². The van der Waals surface area contributed by atoms with Crippen LogP contribution in [-0.2, 0) is 33.8 Å². The number of carboxylic acids is 1. The molecule has 0 aromatic heterocycles. The summed E-state index contributed by atoms with van der Waals surface area (Å²) in [4.78, 5) is 10.4. The summed E-state index contributed by atoms with van der Waals surface area (Å²) in [6.07, 6.45) is -3.26. The second kappa shape index (κ2) is 14.5. The van der Waals surface area contributed by atoms with Gasteiger partial charge in [0.05, 0.1) is 16.6 Å². The van der Waals surface area contributed by atoms with Crippen molar-refractivity contribution >= 4 is 16.0 Å². The molecule has 3 aromatic carbocycles. The van der Waals surface area contributed by atoms with E-state index in [4.69, 9.17) is 5.11 Å². The summed E-state index contributed by atoms with van der Waals surface area (Å²) in [5.74, 6) is -1.01. The van der Waals surface area contributed by atoms with E-state index >= 15 is 0 Å². The standard InChI is InChI=1S/C32H39F3N2O5S/c1-31(2,18-8-12-23-9-5-4-6-10-23)36-21-27(38)22-37(3)43(41,42)29-20-26(32(33,34)35)15-16-28(29)25-13-7-11-24(19-25)14-17-30(39)40/h4-7,9-11,13,15-16,19-20,27,36,38H,8,12,14,17-18,21-22H2,1-3H3,(H,39,40)/t27-/m0/s1. The smallest absolute Gasteiger partial charge is 0.416 e. The van der Waals surface area contributed by atoms with Gasteiger partial charge in [-0.15, -0.1) is 0 Å². The molecule has 0 aliphatic carbocycles. The van der Waals surface area contributed by atoms with Crippen molar-refractivity contribution in [1.82, 2.24) is 9.62 Å². The van der Waals surface area contributed by atoms with E-state index in [2.05, 4.69) is 17.4 Å². The minimum absolute atomic E-state index is 0.0455. The molecule has 0 unspecified atom stereocenters. The van der Waals surface area contributed by atoms with E-state index in [0.29, 0.717) is 17.2 Å². The molecule has 3 aromatic rings. The van der Waals surface area contributed by atoms with E-state index in [1.54, 1.807) is 24.3 Å². The van der Waals surface area contributed by atoms with Crippen molar-refractivity contribution in [2.45, 2.75) is 68.7 Å². The number of aliphatic hydroxyl groups excluding tert-OH is 1. The Labute approximate surface area is 251 Å². The molecule has 0 aliphatic rings. The van der Waals surface area contributed by atoms with E-state index in [0.717, 1.165) is 35.7 Å². The van der Waals surface area contributed by atoms with E-state index < -0.39 is 38.7 Å². The van der Waals surface area contributed by atoms with Crippen LogP contribution in [0.2, 0.25) is 0 Å². The number of rotatable bonds is 15. The fourth-order valence-electron chi connectivity index (χ4n) is 4.79. The van der Waals surface area contributed by atoms with Gasteiger partial charge in [0, 0.05) is 37.7 Å². The van der Waals surface area contributed by atoms with Crippen molar-refractivity contribution in [3.8, 4) is 11.1 Å². The average molecular weight is 621 g/mol. The molecular weight excluding hydrogens is 581 g/mol. The van der Waals surface area contributed by atoms with Crippen LogP contribution in [0.5, 0.6) is 0 Å². The minimum atomic E-state index is -4.78. The zero-order chi connectivity index (χ0) is 31.8. The van der Waals surface area contributed by atoms with Gasteiger partial charge >= 0.3 is 12.1 Å². The predicted molar refractivity (Wildman–Crippen MR) is 160 cm³/mol. The highest BCUT2D eigenvalue weighted by Crippen LogP contribution is 2.36. The Kier molecular flexibility index (Phi) is 11.5. The molecule has 43 heavy (non-hydrogen) atoms. The average Bonchev–Trinajstić information content (AvgIpc) is 2.95. The Bertz CT molecular complexity index is 1480. The number of halogens is 3. The number of aryl methyl sites for hydroxylation is 2. The fraction of sp³-hybridized carbons (Fsp3) is 0.406. The van der Waals surface area contributed by atoms with Gasteiger partial charge in [-0.1, -0.05) is 60.7 Å². The highest BCUT2D eigenvalue weighted by atomic mass is 32.2. The topological polar surface area (TPSA) is 107 Å². The first-order valence-corrected chi connectivity index (χ1v) is 15.5. The third kappa shape index (κ3) is 10.2. The Balaban J connectivity index is 1.76. The lowest BCUT2D eigenvalue weighted by molar-refractivity contribution is -0.138. The summed E-state index contributed by atoms with van der Waals surface area (Å²) >= 11 is 0. The molecule has 0 bridgehead atoms. The van der Waals surface area contributed by atoms with Crippen LogP contribution in [0.25, 0.3) is 11.1 Å². The van der Waals surface area contributed by atoms with Crippen LogP contribution in [0.15, 0.2) is 77.7 Å². The molecule has 0 spiro atoms. The Hall–Kier alpha value is -3.25. The van der Waals surface area contributed by atoms with Gasteiger partial charge in [0.15, 0.2) is 0 Å². The number of likely N-dealkylation sites (N-methyl/N-ethyl adjacent to an activating group) is 1. The fourth-order valence-corrected chi connectivity index (χ4v) is 6.23. The van der Waals surface area contributed by atoms with Crippen molar-refractivity contribution in [1.29, 1.82) is 0 Å². The predicted octanol–water partition coefficient (Wildman–Crippen LogP) is 5.76. The molecule has 0 heterocycles. The normalized spacial score (nSPS) is 13.3. The number of aliphatic hydroxyl groups is 1. The monoisotopic (exact) mass is 620 g/mol. The Morgan fingerprint density at radius 1 is 0.953 bits per heavy atom. The van der Waals surface area contributed by atoms with Gasteiger partial charge in [0.2, 0.25) is 10.0 Å². The molecule has 3 N–H and O–H groups in total. The highest BCUT2D eigenvalue weighted by Gasteiger charge is 2.34. The van der Waals surface area contributed by atoms with Crippen LogP contribution in [0.3, 0.4) is 0 Å². The minimum Gasteiger partial charge on any atom is -0.481 e. The van der Waals surface area contributed by atoms with Gasteiger partial charge in [-0.3, -0.25) is 4.79 Å². The van der Waals surface area contributed by atoms with Crippen LogP contribution in [0.1, 0.15) is 49.8 Å². The van der Waals surface area contributed by atoms with Crippen molar-refractivity contribution in [3.63, 3.8) is 0 Å². The number of sulfonamides is 1. The number of alkyl halides is 3. The number of carbonyl (C=O) groups is 1. The summed E-state index contributed by atoms with van der Waals surface area (Å²) in [6, 6.07) is 19.0. The molecule has 1 atom stereocenters. The summed E-state index contributed by atoms with van der Waals surface area (Å²) in [7, 11) is -3.26. The summed E-state index contributed by atoms with van der Waals surface area (Å²) in [6.45, 7) is 3.72. The van der Waals surface area contributed by atoms with Gasteiger partial charge < -0.3 is 15.5 Å². The highest BCUT2D eigenvalue weighted by molar-refractivity contribution is 7.89. The third-order valence-electron chi connectivity index (χ3n) is 7.26. The summed E-state index contributed by atoms with van der Waals surface area (Å²) in [5.41, 5.74) is 0.750. The second-order valence-corrected chi connectivity index (χ2v) is 13.4. The molecule has 234 valence electrons. The maximum absolute atomic E-state index is 13.7. The molecule has 0 amide bonds. The first-order chi connectivity index (χ1) is 20.1. The first-order valence-electron chi connectivity index (χ1n) is 14.0. The Morgan fingerprint density at radius 2 is 1.63 bits per heavy atom. The maximum atomic E-state index is 13.7. The molecule has 0 saturated carbocycles. The summed E-state index contributed by atoms with van der Waals surface area (Å²) in [5, 5.41) is 23.0. The van der Waals surface area contributed by atoms with Crippen LogP contribution in [0.4, 0.5) is 13.2 Å². The van der Waals surface area contributed by atoms with E-state index in [-0.39, 0.29) is 37.0 Å². The third-order valence-corrected chi connectivity index (χ3v) is 9.12. The van der Waals surface area contributed by atoms with Gasteiger partial charge in [0.25, 0.3) is 0 Å². The molecule has 11 heteroatoms.